The molecule has 1 aromatic carbocycles. The minimum Gasteiger partial charge on any atom is -0.478 e. The van der Waals surface area contributed by atoms with Gasteiger partial charge in [-0.25, -0.2) is 8.78 Å². The smallest absolute Gasteiger partial charge is 0.258 e. The topological polar surface area (TPSA) is 58.6 Å². The van der Waals surface area contributed by atoms with E-state index in [2.05, 4.69) is 5.32 Å². The number of hydrogen-bond acceptors (Lipinski definition) is 3. The van der Waals surface area contributed by atoms with E-state index in [0.29, 0.717) is 0 Å². The second kappa shape index (κ2) is 5.97. The number of nitrogens with one attached hydrogen (secondary N) is 1. The van der Waals surface area contributed by atoms with Gasteiger partial charge in [-0.3, -0.25) is 4.79 Å². The van der Waals surface area contributed by atoms with Crippen LogP contribution in [-0.4, -0.2) is 23.2 Å². The Hall–Kier alpha value is -1.69. The van der Waals surface area contributed by atoms with E-state index in [1.54, 1.807) is 20.8 Å². The predicted molar refractivity (Wildman–Crippen MR) is 65.7 cm³/mol. The van der Waals surface area contributed by atoms with Crippen molar-refractivity contribution >= 4 is 5.91 Å². The second-order valence-electron chi connectivity index (χ2n) is 5.13. The third-order valence-electron chi connectivity index (χ3n) is 2.10. The second-order valence-corrected chi connectivity index (χ2v) is 5.13. The normalized spacial score (nSPS) is 11.3. The van der Waals surface area contributed by atoms with Crippen molar-refractivity contribution in [1.82, 2.24) is 5.32 Å². The lowest BCUT2D eigenvalue weighted by Crippen LogP contribution is -2.43. The summed E-state index contributed by atoms with van der Waals surface area (Å²) in [6.45, 7) is 4.38. The summed E-state index contributed by atoms with van der Waals surface area (Å²) in [7, 11) is 0. The Morgan fingerprint density at radius 3 is 2.26 bits per heavy atom. The summed E-state index contributed by atoms with van der Waals surface area (Å²) in [5.74, 6) is -3.00. The van der Waals surface area contributed by atoms with Crippen LogP contribution in [0.5, 0.6) is 5.75 Å². The Balaban J connectivity index is 2.71. The van der Waals surface area contributed by atoms with Gasteiger partial charge >= 0.3 is 0 Å². The van der Waals surface area contributed by atoms with Gasteiger partial charge < -0.3 is 15.2 Å². The van der Waals surface area contributed by atoms with Crippen LogP contribution in [0, 0.1) is 11.6 Å². The van der Waals surface area contributed by atoms with Crippen molar-refractivity contribution in [2.45, 2.75) is 32.9 Å². The molecular weight excluding hydrogens is 256 g/mol. The van der Waals surface area contributed by atoms with E-state index in [1.165, 1.54) is 0 Å². The first-order valence-corrected chi connectivity index (χ1v) is 5.75. The molecule has 1 rings (SSSR count). The monoisotopic (exact) mass is 273 g/mol. The van der Waals surface area contributed by atoms with Crippen LogP contribution in [0.3, 0.4) is 0 Å². The first-order valence-electron chi connectivity index (χ1n) is 5.75. The molecule has 0 aliphatic heterocycles. The first-order chi connectivity index (χ1) is 8.73. The summed E-state index contributed by atoms with van der Waals surface area (Å²) in [5.41, 5.74) is -0.348. The van der Waals surface area contributed by atoms with E-state index in [-0.39, 0.29) is 5.56 Å². The van der Waals surface area contributed by atoms with Gasteiger partial charge in [-0.15, -0.1) is 0 Å². The lowest BCUT2D eigenvalue weighted by Gasteiger charge is -2.20. The minimum atomic E-state index is -0.951. The van der Waals surface area contributed by atoms with Crippen molar-refractivity contribution in [3.8, 4) is 5.75 Å². The van der Waals surface area contributed by atoms with Crippen molar-refractivity contribution in [2.75, 3.05) is 6.61 Å². The fraction of sp³-hybridized carbons (Fsp3) is 0.462. The summed E-state index contributed by atoms with van der Waals surface area (Å²) in [5, 5.41) is 11.4. The van der Waals surface area contributed by atoms with E-state index >= 15 is 0 Å². The SMILES string of the molecule is CC(C)(C)NC(=O)COc1c(F)cc(CO)cc1F. The van der Waals surface area contributed by atoms with Gasteiger partial charge in [-0.05, 0) is 38.5 Å². The highest BCUT2D eigenvalue weighted by Crippen LogP contribution is 2.23. The number of benzene rings is 1. The number of halogens is 2. The zero-order chi connectivity index (χ0) is 14.6. The summed E-state index contributed by atoms with van der Waals surface area (Å²) in [4.78, 5) is 11.5. The van der Waals surface area contributed by atoms with Crippen molar-refractivity contribution in [3.05, 3.63) is 29.3 Å². The van der Waals surface area contributed by atoms with Gasteiger partial charge in [-0.2, -0.15) is 0 Å². The van der Waals surface area contributed by atoms with E-state index in [1.807, 2.05) is 0 Å². The molecule has 0 radical (unpaired) electrons. The quantitative estimate of drug-likeness (QED) is 0.878. The molecule has 1 aromatic rings. The molecule has 6 heteroatoms. The molecule has 0 fully saturated rings. The highest BCUT2D eigenvalue weighted by molar-refractivity contribution is 5.78. The van der Waals surface area contributed by atoms with Crippen LogP contribution in [0.1, 0.15) is 26.3 Å². The fourth-order valence-corrected chi connectivity index (χ4v) is 1.43. The van der Waals surface area contributed by atoms with Crippen molar-refractivity contribution in [3.63, 3.8) is 0 Å². The van der Waals surface area contributed by atoms with Gasteiger partial charge in [0.25, 0.3) is 5.91 Å². The molecule has 0 unspecified atom stereocenters. The van der Waals surface area contributed by atoms with Gasteiger partial charge in [0.05, 0.1) is 6.61 Å². The standard InChI is InChI=1S/C13H17F2NO3/c1-13(2,3)16-11(18)7-19-12-9(14)4-8(6-17)5-10(12)15/h4-5,17H,6-7H2,1-3H3,(H,16,18). The van der Waals surface area contributed by atoms with Crippen LogP contribution in [0.4, 0.5) is 8.78 Å². The first kappa shape index (κ1) is 15.4. The molecular formula is C13H17F2NO3. The van der Waals surface area contributed by atoms with Gasteiger partial charge in [0, 0.05) is 5.54 Å². The highest BCUT2D eigenvalue weighted by atomic mass is 19.1. The molecule has 4 nitrogen and oxygen atoms in total. The molecule has 0 saturated heterocycles. The summed E-state index contributed by atoms with van der Waals surface area (Å²) in [6, 6.07) is 1.92. The molecule has 0 spiro atoms. The van der Waals surface area contributed by atoms with Gasteiger partial charge in [0.1, 0.15) is 0 Å². The lowest BCUT2D eigenvalue weighted by molar-refractivity contribution is -0.124. The van der Waals surface area contributed by atoms with Crippen LogP contribution < -0.4 is 10.1 Å². The Labute approximate surface area is 110 Å². The number of rotatable bonds is 4. The van der Waals surface area contributed by atoms with Crippen LogP contribution in [0.15, 0.2) is 12.1 Å². The summed E-state index contributed by atoms with van der Waals surface area (Å²) < 4.78 is 31.8. The van der Waals surface area contributed by atoms with Crippen LogP contribution in [0.2, 0.25) is 0 Å². The molecule has 2 N–H and O–H groups in total. The minimum absolute atomic E-state index is 0.0986. The molecule has 0 atom stereocenters. The zero-order valence-corrected chi connectivity index (χ0v) is 11.1. The highest BCUT2D eigenvalue weighted by Gasteiger charge is 2.17. The average Bonchev–Trinajstić information content (AvgIpc) is 2.25. The molecule has 106 valence electrons. The van der Waals surface area contributed by atoms with Crippen molar-refractivity contribution in [2.24, 2.45) is 0 Å². The Morgan fingerprint density at radius 2 is 1.84 bits per heavy atom. The van der Waals surface area contributed by atoms with E-state index in [0.717, 1.165) is 12.1 Å². The third-order valence-corrected chi connectivity index (χ3v) is 2.10. The number of aliphatic hydroxyl groups is 1. The van der Waals surface area contributed by atoms with E-state index in [4.69, 9.17) is 9.84 Å². The lowest BCUT2D eigenvalue weighted by atomic mass is 10.1. The number of amides is 1. The predicted octanol–water partition coefficient (Wildman–Crippen LogP) is 1.75. The number of hydrogen-bond donors (Lipinski definition) is 2. The van der Waals surface area contributed by atoms with Crippen LogP contribution in [0.25, 0.3) is 0 Å². The van der Waals surface area contributed by atoms with E-state index in [9.17, 15) is 13.6 Å². The number of aliphatic hydroxyl groups excluding tert-OH is 1. The van der Waals surface area contributed by atoms with Gasteiger partial charge in [0.2, 0.25) is 0 Å². The maximum Gasteiger partial charge on any atom is 0.258 e. The fourth-order valence-electron chi connectivity index (χ4n) is 1.43. The summed E-state index contributed by atoms with van der Waals surface area (Å²) in [6.07, 6.45) is 0. The maximum atomic E-state index is 13.5. The molecule has 0 heterocycles. The molecule has 0 saturated carbocycles. The van der Waals surface area contributed by atoms with E-state index < -0.39 is 42.0 Å². The summed E-state index contributed by atoms with van der Waals surface area (Å²) >= 11 is 0. The van der Waals surface area contributed by atoms with Gasteiger partial charge in [0.15, 0.2) is 24.0 Å². The Morgan fingerprint density at radius 1 is 1.32 bits per heavy atom. The van der Waals surface area contributed by atoms with Crippen molar-refractivity contribution in [1.29, 1.82) is 0 Å². The molecule has 0 aromatic heterocycles. The molecule has 0 bridgehead atoms. The molecule has 19 heavy (non-hydrogen) atoms. The molecule has 1 amide bonds. The average molecular weight is 273 g/mol. The van der Waals surface area contributed by atoms with Crippen molar-refractivity contribution < 1.29 is 23.4 Å². The number of carbonyl (C=O) groups is 1. The molecule has 0 aliphatic carbocycles. The number of ether oxygens (including phenoxy) is 1. The Kier molecular flexibility index (Phi) is 4.83. The van der Waals surface area contributed by atoms with Crippen LogP contribution >= 0.6 is 0 Å². The number of carbonyl (C=O) groups excluding carboxylic acids is 1. The third kappa shape index (κ3) is 4.82. The largest absolute Gasteiger partial charge is 0.478 e. The maximum absolute atomic E-state index is 13.5. The zero-order valence-electron chi connectivity index (χ0n) is 11.1. The molecule has 0 aliphatic rings. The van der Waals surface area contributed by atoms with Crippen LogP contribution in [-0.2, 0) is 11.4 Å². The Bertz CT molecular complexity index is 446. The van der Waals surface area contributed by atoms with Gasteiger partial charge in [-0.1, -0.05) is 0 Å².